The third-order valence-corrected chi connectivity index (χ3v) is 9.69. The third-order valence-electron chi connectivity index (χ3n) is 9.69. The first-order valence-electron chi connectivity index (χ1n) is 10.9. The number of epoxide rings is 1. The maximum Gasteiger partial charge on any atom is 0.303 e. The van der Waals surface area contributed by atoms with Crippen LogP contribution in [-0.2, 0) is 14.3 Å². The summed E-state index contributed by atoms with van der Waals surface area (Å²) < 4.78 is 11.6. The van der Waals surface area contributed by atoms with Gasteiger partial charge in [-0.25, -0.2) is 0 Å². The first kappa shape index (κ1) is 20.2. The van der Waals surface area contributed by atoms with Crippen LogP contribution in [0.5, 0.6) is 0 Å². The fourth-order valence-corrected chi connectivity index (χ4v) is 8.56. The quantitative estimate of drug-likeness (QED) is 0.372. The summed E-state index contributed by atoms with van der Waals surface area (Å²) in [5.41, 5.74) is -5.48. The summed E-state index contributed by atoms with van der Waals surface area (Å²) >= 11 is 0. The number of carbonyl (C=O) groups is 1. The summed E-state index contributed by atoms with van der Waals surface area (Å²) in [6.07, 6.45) is -0.461. The average molecular weight is 411 g/mol. The van der Waals surface area contributed by atoms with Crippen molar-refractivity contribution in [2.45, 2.75) is 102 Å². The molecule has 1 spiro atoms. The summed E-state index contributed by atoms with van der Waals surface area (Å²) in [6, 6.07) is 0. The van der Waals surface area contributed by atoms with E-state index in [0.29, 0.717) is 19.3 Å². The van der Waals surface area contributed by atoms with Crippen molar-refractivity contribution in [1.82, 2.24) is 0 Å². The molecule has 0 amide bonds. The molecule has 11 atom stereocenters. The van der Waals surface area contributed by atoms with Crippen molar-refractivity contribution in [1.29, 1.82) is 0 Å². The van der Waals surface area contributed by atoms with Crippen LogP contribution in [0.1, 0.15) is 60.3 Å². The predicted molar refractivity (Wildman–Crippen MR) is 102 cm³/mol. The van der Waals surface area contributed by atoms with Gasteiger partial charge in [0.05, 0.1) is 29.5 Å². The Labute approximate surface area is 171 Å². The zero-order valence-electron chi connectivity index (χ0n) is 17.9. The monoisotopic (exact) mass is 410 g/mol. The van der Waals surface area contributed by atoms with Gasteiger partial charge in [0.15, 0.2) is 0 Å². The highest BCUT2D eigenvalue weighted by Crippen LogP contribution is 2.73. The molecule has 0 aromatic heterocycles. The molecule has 2 bridgehead atoms. The van der Waals surface area contributed by atoms with E-state index in [0.717, 1.165) is 0 Å². The number of carbonyl (C=O) groups excluding carboxylic acids is 1. The first-order chi connectivity index (χ1) is 13.2. The molecule has 5 fully saturated rings. The Morgan fingerprint density at radius 1 is 1.10 bits per heavy atom. The van der Waals surface area contributed by atoms with E-state index in [1.165, 1.54) is 6.92 Å². The molecule has 0 aromatic carbocycles. The SMILES string of the molecule is CC(=O)OC1CC23CC(C)(O)C(CCC2C(C)(O)C2C4OC4C(C)(C)C12O)C3O. The van der Waals surface area contributed by atoms with Gasteiger partial charge in [-0.15, -0.1) is 0 Å². The molecule has 7 heteroatoms. The first-order valence-corrected chi connectivity index (χ1v) is 10.9. The zero-order chi connectivity index (χ0) is 21.4. The Kier molecular flexibility index (Phi) is 3.73. The summed E-state index contributed by atoms with van der Waals surface area (Å²) in [7, 11) is 0. The number of aliphatic hydroxyl groups is 4. The van der Waals surface area contributed by atoms with Crippen LogP contribution >= 0.6 is 0 Å². The van der Waals surface area contributed by atoms with Gasteiger partial charge in [0.2, 0.25) is 0 Å². The molecule has 4 aliphatic carbocycles. The molecule has 1 saturated heterocycles. The standard InChI is InChI=1S/C22H34O7/c1-10(23)28-13-8-21-9-19(4,25)11(16(21)24)6-7-12(21)20(5,26)15-14-17(29-14)18(2,3)22(13,15)27/h11-17,24-27H,6-9H2,1-5H3. The Hall–Kier alpha value is -0.730. The van der Waals surface area contributed by atoms with E-state index in [2.05, 4.69) is 0 Å². The second-order valence-corrected chi connectivity index (χ2v) is 11.5. The van der Waals surface area contributed by atoms with Gasteiger partial charge in [-0.1, -0.05) is 13.8 Å². The fourth-order valence-electron chi connectivity index (χ4n) is 8.56. The number of hydrogen-bond donors (Lipinski definition) is 4. The molecule has 4 N–H and O–H groups in total. The second-order valence-electron chi connectivity index (χ2n) is 11.5. The van der Waals surface area contributed by atoms with E-state index >= 15 is 0 Å². The van der Waals surface area contributed by atoms with Crippen LogP contribution in [0.25, 0.3) is 0 Å². The van der Waals surface area contributed by atoms with Crippen molar-refractivity contribution in [3.05, 3.63) is 0 Å². The smallest absolute Gasteiger partial charge is 0.303 e. The van der Waals surface area contributed by atoms with Crippen molar-refractivity contribution in [2.75, 3.05) is 0 Å². The molecule has 4 saturated carbocycles. The Bertz CT molecular complexity index is 760. The van der Waals surface area contributed by atoms with Crippen molar-refractivity contribution in [3.8, 4) is 0 Å². The van der Waals surface area contributed by atoms with Gasteiger partial charge >= 0.3 is 5.97 Å². The lowest BCUT2D eigenvalue weighted by Gasteiger charge is -2.51. The summed E-state index contributed by atoms with van der Waals surface area (Å²) in [4.78, 5) is 12.1. The minimum Gasteiger partial charge on any atom is -0.459 e. The van der Waals surface area contributed by atoms with E-state index in [-0.39, 0.29) is 30.5 Å². The van der Waals surface area contributed by atoms with Crippen LogP contribution in [0.2, 0.25) is 0 Å². The molecular formula is C22H34O7. The van der Waals surface area contributed by atoms with Gasteiger partial charge < -0.3 is 29.9 Å². The summed E-state index contributed by atoms with van der Waals surface area (Å²) in [5, 5.41) is 46.6. The number of ether oxygens (including phenoxy) is 2. The molecule has 1 aliphatic heterocycles. The van der Waals surface area contributed by atoms with Gasteiger partial charge in [0.1, 0.15) is 11.7 Å². The van der Waals surface area contributed by atoms with Crippen molar-refractivity contribution in [3.63, 3.8) is 0 Å². The van der Waals surface area contributed by atoms with Gasteiger partial charge in [-0.2, -0.15) is 0 Å². The average Bonchev–Trinajstić information content (AvgIpc) is 3.29. The lowest BCUT2D eigenvalue weighted by atomic mass is 9.57. The Morgan fingerprint density at radius 3 is 2.38 bits per heavy atom. The minimum atomic E-state index is -1.49. The van der Waals surface area contributed by atoms with Crippen molar-refractivity contribution < 1.29 is 34.7 Å². The highest BCUT2D eigenvalue weighted by Gasteiger charge is 2.83. The molecule has 164 valence electrons. The molecule has 0 aromatic rings. The number of fused-ring (bicyclic) bond motifs is 4. The number of aliphatic hydroxyl groups excluding tert-OH is 1. The normalized spacial score (nSPS) is 61.9. The van der Waals surface area contributed by atoms with Crippen LogP contribution in [0, 0.1) is 28.6 Å². The second kappa shape index (κ2) is 5.36. The molecule has 29 heavy (non-hydrogen) atoms. The number of esters is 1. The molecule has 5 aliphatic rings. The van der Waals surface area contributed by atoms with Gasteiger partial charge in [-0.3, -0.25) is 4.79 Å². The molecule has 0 radical (unpaired) electrons. The zero-order valence-corrected chi connectivity index (χ0v) is 17.9. The fraction of sp³-hybridized carbons (Fsp3) is 0.955. The highest BCUT2D eigenvalue weighted by atomic mass is 16.6. The lowest BCUT2D eigenvalue weighted by molar-refractivity contribution is -0.230. The van der Waals surface area contributed by atoms with E-state index < -0.39 is 51.7 Å². The van der Waals surface area contributed by atoms with E-state index in [4.69, 9.17) is 9.47 Å². The molecular weight excluding hydrogens is 376 g/mol. The number of rotatable bonds is 1. The topological polar surface area (TPSA) is 120 Å². The molecule has 5 rings (SSSR count). The van der Waals surface area contributed by atoms with Crippen molar-refractivity contribution in [2.24, 2.45) is 28.6 Å². The summed E-state index contributed by atoms with van der Waals surface area (Å²) in [5.74, 6) is -1.78. The third kappa shape index (κ3) is 2.14. The minimum absolute atomic E-state index is 0.205. The van der Waals surface area contributed by atoms with Gasteiger partial charge in [-0.05, 0) is 45.4 Å². The van der Waals surface area contributed by atoms with Crippen LogP contribution in [0.4, 0.5) is 0 Å². The molecule has 1 heterocycles. The van der Waals surface area contributed by atoms with Crippen LogP contribution in [0.3, 0.4) is 0 Å². The Morgan fingerprint density at radius 2 is 1.76 bits per heavy atom. The lowest BCUT2D eigenvalue weighted by Crippen LogP contribution is -2.63. The van der Waals surface area contributed by atoms with Gasteiger partial charge in [0.25, 0.3) is 0 Å². The van der Waals surface area contributed by atoms with E-state index in [1.807, 2.05) is 13.8 Å². The van der Waals surface area contributed by atoms with Crippen LogP contribution < -0.4 is 0 Å². The van der Waals surface area contributed by atoms with Crippen LogP contribution in [0.15, 0.2) is 0 Å². The van der Waals surface area contributed by atoms with Crippen molar-refractivity contribution >= 4 is 5.97 Å². The number of hydrogen-bond acceptors (Lipinski definition) is 7. The van der Waals surface area contributed by atoms with Gasteiger partial charge in [0, 0.05) is 29.6 Å². The maximum absolute atomic E-state index is 12.2. The highest BCUT2D eigenvalue weighted by molar-refractivity contribution is 5.66. The van der Waals surface area contributed by atoms with Crippen LogP contribution in [-0.4, -0.2) is 67.6 Å². The van der Waals surface area contributed by atoms with E-state index in [9.17, 15) is 25.2 Å². The molecule has 11 unspecified atom stereocenters. The maximum atomic E-state index is 12.2. The largest absolute Gasteiger partial charge is 0.459 e. The van der Waals surface area contributed by atoms with E-state index in [1.54, 1.807) is 13.8 Å². The Balaban J connectivity index is 1.71. The predicted octanol–water partition coefficient (Wildman–Crippen LogP) is 0.755. The summed E-state index contributed by atoms with van der Waals surface area (Å²) in [6.45, 7) is 8.62. The molecule has 7 nitrogen and oxygen atoms in total.